The maximum Gasteiger partial charge on any atom is 0.338 e. The maximum atomic E-state index is 11.7. The molecule has 0 radical (unpaired) electrons. The van der Waals surface area contributed by atoms with E-state index in [9.17, 15) is 4.79 Å². The fraction of sp³-hybridized carbons (Fsp3) is 0.462. The minimum atomic E-state index is -0.447. The Balaban J connectivity index is 2.36. The summed E-state index contributed by atoms with van der Waals surface area (Å²) >= 11 is 5.80. The highest BCUT2D eigenvalue weighted by atomic mass is 35.5. The summed E-state index contributed by atoms with van der Waals surface area (Å²) in [6.07, 6.45) is 0. The minimum Gasteiger partial charge on any atom is -0.460 e. The molecule has 0 aromatic heterocycles. The van der Waals surface area contributed by atoms with Gasteiger partial charge in [0.2, 0.25) is 0 Å². The molecule has 5 heteroatoms. The molecule has 0 bridgehead atoms. The van der Waals surface area contributed by atoms with Gasteiger partial charge >= 0.3 is 5.97 Å². The van der Waals surface area contributed by atoms with Crippen molar-refractivity contribution in [3.63, 3.8) is 0 Å². The van der Waals surface area contributed by atoms with Gasteiger partial charge in [0.25, 0.3) is 0 Å². The summed E-state index contributed by atoms with van der Waals surface area (Å²) in [5.74, 6) is 0.0192. The largest absolute Gasteiger partial charge is 0.460 e. The topological polar surface area (TPSA) is 61.5 Å². The summed E-state index contributed by atoms with van der Waals surface area (Å²) in [5.41, 5.74) is 6.38. The molecule has 0 heterocycles. The van der Waals surface area contributed by atoms with E-state index in [1.807, 2.05) is 0 Å². The average molecular weight is 272 g/mol. The first-order valence-electron chi connectivity index (χ1n) is 5.80. The molecular weight excluding hydrogens is 254 g/mol. The van der Waals surface area contributed by atoms with Gasteiger partial charge in [-0.25, -0.2) is 4.79 Å². The van der Waals surface area contributed by atoms with Gasteiger partial charge in [-0.2, -0.15) is 0 Å². The molecule has 1 aromatic carbocycles. The van der Waals surface area contributed by atoms with Crippen LogP contribution in [-0.4, -0.2) is 25.8 Å². The Bertz CT molecular complexity index is 387. The number of carbonyl (C=O) groups excluding carboxylic acids is 1. The van der Waals surface area contributed by atoms with Crippen LogP contribution in [0.15, 0.2) is 18.2 Å². The predicted octanol–water partition coefficient (Wildman–Crippen LogP) is 2.75. The average Bonchev–Trinajstić information content (AvgIpc) is 2.26. The third-order valence-electron chi connectivity index (χ3n) is 2.07. The summed E-state index contributed by atoms with van der Waals surface area (Å²) in [6, 6.07) is 4.63. The number of hydrogen-bond donors (Lipinski definition) is 1. The third-order valence-corrected chi connectivity index (χ3v) is 2.29. The van der Waals surface area contributed by atoms with E-state index in [1.54, 1.807) is 6.07 Å². The Morgan fingerprint density at radius 2 is 2.06 bits per heavy atom. The van der Waals surface area contributed by atoms with Crippen molar-refractivity contribution in [3.8, 4) is 0 Å². The SMILES string of the molecule is CC(C)COCCOC(=O)c1cc(N)cc(Cl)c1. The van der Waals surface area contributed by atoms with Crippen LogP contribution in [0.1, 0.15) is 24.2 Å². The smallest absolute Gasteiger partial charge is 0.338 e. The highest BCUT2D eigenvalue weighted by Crippen LogP contribution is 2.17. The van der Waals surface area contributed by atoms with Crippen molar-refractivity contribution in [3.05, 3.63) is 28.8 Å². The van der Waals surface area contributed by atoms with E-state index in [-0.39, 0.29) is 6.61 Å². The molecule has 0 atom stereocenters. The predicted molar refractivity (Wildman–Crippen MR) is 71.8 cm³/mol. The van der Waals surface area contributed by atoms with E-state index < -0.39 is 5.97 Å². The Morgan fingerprint density at radius 1 is 1.33 bits per heavy atom. The molecule has 0 unspecified atom stereocenters. The molecule has 18 heavy (non-hydrogen) atoms. The van der Waals surface area contributed by atoms with Crippen LogP contribution >= 0.6 is 11.6 Å². The molecule has 0 fully saturated rings. The van der Waals surface area contributed by atoms with Crippen LogP contribution in [-0.2, 0) is 9.47 Å². The summed E-state index contributed by atoms with van der Waals surface area (Å²) in [4.78, 5) is 11.7. The van der Waals surface area contributed by atoms with E-state index in [0.29, 0.717) is 35.4 Å². The van der Waals surface area contributed by atoms with Crippen molar-refractivity contribution in [1.82, 2.24) is 0 Å². The fourth-order valence-electron chi connectivity index (χ4n) is 1.33. The van der Waals surface area contributed by atoms with Crippen LogP contribution in [0.5, 0.6) is 0 Å². The van der Waals surface area contributed by atoms with Crippen LogP contribution in [0, 0.1) is 5.92 Å². The summed E-state index contributed by atoms with van der Waals surface area (Å²) in [7, 11) is 0. The third kappa shape index (κ3) is 5.38. The van der Waals surface area contributed by atoms with Crippen LogP contribution < -0.4 is 5.73 Å². The van der Waals surface area contributed by atoms with Crippen LogP contribution in [0.2, 0.25) is 5.02 Å². The van der Waals surface area contributed by atoms with Gasteiger partial charge in [0.15, 0.2) is 0 Å². The first-order chi connectivity index (χ1) is 8.49. The molecule has 100 valence electrons. The van der Waals surface area contributed by atoms with Gasteiger partial charge in [-0.1, -0.05) is 25.4 Å². The quantitative estimate of drug-likeness (QED) is 0.491. The first-order valence-corrected chi connectivity index (χ1v) is 6.17. The van der Waals surface area contributed by atoms with E-state index in [1.165, 1.54) is 12.1 Å². The molecule has 0 aliphatic carbocycles. The maximum absolute atomic E-state index is 11.7. The molecule has 0 saturated heterocycles. The standard InChI is InChI=1S/C13H18ClNO3/c1-9(2)8-17-3-4-18-13(16)10-5-11(14)7-12(15)6-10/h5-7,9H,3-4,8,15H2,1-2H3. The van der Waals surface area contributed by atoms with Crippen LogP contribution in [0.25, 0.3) is 0 Å². The molecule has 0 aliphatic heterocycles. The number of anilines is 1. The second-order valence-corrected chi connectivity index (χ2v) is 4.81. The summed E-state index contributed by atoms with van der Waals surface area (Å²) < 4.78 is 10.3. The second-order valence-electron chi connectivity index (χ2n) is 4.38. The zero-order valence-electron chi connectivity index (χ0n) is 10.6. The molecule has 0 saturated carbocycles. The van der Waals surface area contributed by atoms with Gasteiger partial charge in [0, 0.05) is 17.3 Å². The van der Waals surface area contributed by atoms with Crippen LogP contribution in [0.4, 0.5) is 5.69 Å². The van der Waals surface area contributed by atoms with Crippen molar-refractivity contribution in [1.29, 1.82) is 0 Å². The Hall–Kier alpha value is -1.26. The highest BCUT2D eigenvalue weighted by molar-refractivity contribution is 6.31. The van der Waals surface area contributed by atoms with Gasteiger partial charge in [-0.05, 0) is 24.1 Å². The monoisotopic (exact) mass is 271 g/mol. The first kappa shape index (κ1) is 14.8. The summed E-state index contributed by atoms with van der Waals surface area (Å²) in [6.45, 7) is 5.38. The van der Waals surface area contributed by atoms with Crippen LogP contribution in [0.3, 0.4) is 0 Å². The van der Waals surface area contributed by atoms with Crippen molar-refractivity contribution in [2.75, 3.05) is 25.6 Å². The van der Waals surface area contributed by atoms with Gasteiger partial charge in [-0.15, -0.1) is 0 Å². The van der Waals surface area contributed by atoms with E-state index in [4.69, 9.17) is 26.8 Å². The number of hydrogen-bond acceptors (Lipinski definition) is 4. The lowest BCUT2D eigenvalue weighted by atomic mass is 10.2. The number of nitrogen functional groups attached to an aromatic ring is 1. The van der Waals surface area contributed by atoms with Gasteiger partial charge < -0.3 is 15.2 Å². The number of benzene rings is 1. The number of ether oxygens (including phenoxy) is 2. The molecule has 1 aromatic rings. The lowest BCUT2D eigenvalue weighted by molar-refractivity contribution is 0.0277. The normalized spacial score (nSPS) is 10.7. The lowest BCUT2D eigenvalue weighted by Gasteiger charge is -2.08. The number of nitrogens with two attached hydrogens (primary N) is 1. The minimum absolute atomic E-state index is 0.220. The van der Waals surface area contributed by atoms with Crippen molar-refractivity contribution < 1.29 is 14.3 Å². The Labute approximate surface area is 112 Å². The number of rotatable bonds is 6. The molecular formula is C13H18ClNO3. The second kappa shape index (κ2) is 7.24. The fourth-order valence-corrected chi connectivity index (χ4v) is 1.57. The van der Waals surface area contributed by atoms with E-state index >= 15 is 0 Å². The van der Waals surface area contributed by atoms with E-state index in [0.717, 1.165) is 0 Å². The summed E-state index contributed by atoms with van der Waals surface area (Å²) in [5, 5.41) is 0.415. The molecule has 4 nitrogen and oxygen atoms in total. The number of esters is 1. The number of halogens is 1. The van der Waals surface area contributed by atoms with Gasteiger partial charge in [-0.3, -0.25) is 0 Å². The van der Waals surface area contributed by atoms with E-state index in [2.05, 4.69) is 13.8 Å². The molecule has 2 N–H and O–H groups in total. The number of carbonyl (C=O) groups is 1. The van der Waals surface area contributed by atoms with Crippen molar-refractivity contribution >= 4 is 23.3 Å². The van der Waals surface area contributed by atoms with Gasteiger partial charge in [0.1, 0.15) is 6.61 Å². The Kier molecular flexibility index (Phi) is 5.95. The zero-order valence-corrected chi connectivity index (χ0v) is 11.4. The molecule has 0 spiro atoms. The van der Waals surface area contributed by atoms with Crippen molar-refractivity contribution in [2.24, 2.45) is 5.92 Å². The molecule has 1 rings (SSSR count). The highest BCUT2D eigenvalue weighted by Gasteiger charge is 2.08. The van der Waals surface area contributed by atoms with Crippen molar-refractivity contribution in [2.45, 2.75) is 13.8 Å². The zero-order chi connectivity index (χ0) is 13.5. The van der Waals surface area contributed by atoms with Gasteiger partial charge in [0.05, 0.1) is 12.2 Å². The molecule has 0 aliphatic rings. The lowest BCUT2D eigenvalue weighted by Crippen LogP contribution is -2.13. The molecule has 0 amide bonds. The Morgan fingerprint density at radius 3 is 2.67 bits per heavy atom.